The number of halogens is 4. The first-order chi connectivity index (χ1) is 13.2. The van der Waals surface area contributed by atoms with E-state index in [1.807, 2.05) is 0 Å². The van der Waals surface area contributed by atoms with Crippen molar-refractivity contribution in [1.82, 2.24) is 14.6 Å². The highest BCUT2D eigenvalue weighted by molar-refractivity contribution is 9.10. The topological polar surface area (TPSA) is 79.4 Å². The summed E-state index contributed by atoms with van der Waals surface area (Å²) in [6.45, 7) is -0.712. The fourth-order valence-corrected chi connectivity index (χ4v) is 4.89. The monoisotopic (exact) mass is 477 g/mol. The molecule has 1 N–H and O–H groups in total. The lowest BCUT2D eigenvalue weighted by Crippen LogP contribution is -2.45. The first kappa shape index (κ1) is 20.7. The maximum atomic E-state index is 14.0. The van der Waals surface area contributed by atoms with Crippen LogP contribution in [0.2, 0.25) is 0 Å². The number of hydrogen-bond donors (Lipinski definition) is 1. The Morgan fingerprint density at radius 1 is 1.29 bits per heavy atom. The first-order valence-electron chi connectivity index (χ1n) is 8.17. The number of nitrogens with one attached hydrogen (secondary N) is 1. The average Bonchev–Trinajstić information content (AvgIpc) is 3.05. The minimum absolute atomic E-state index is 0.137. The Hall–Kier alpha value is -1.98. The minimum atomic E-state index is -4.21. The summed E-state index contributed by atoms with van der Waals surface area (Å²) >= 11 is 3.09. The Kier molecular flexibility index (Phi) is 6.06. The number of amides is 1. The Bertz CT molecular complexity index is 989. The van der Waals surface area contributed by atoms with E-state index in [9.17, 15) is 26.4 Å². The number of benzene rings is 1. The Morgan fingerprint density at radius 3 is 2.64 bits per heavy atom. The average molecular weight is 478 g/mol. The molecule has 0 saturated carbocycles. The third-order valence-electron chi connectivity index (χ3n) is 4.28. The lowest BCUT2D eigenvalue weighted by atomic mass is 10.2. The molecule has 1 fully saturated rings. The van der Waals surface area contributed by atoms with Crippen LogP contribution in [0.4, 0.5) is 13.2 Å². The van der Waals surface area contributed by atoms with Crippen molar-refractivity contribution in [1.29, 1.82) is 0 Å². The first-order valence-corrected chi connectivity index (χ1v) is 10.4. The number of hydrogen-bond acceptors (Lipinski definition) is 4. The third-order valence-corrected chi connectivity index (χ3v) is 6.60. The van der Waals surface area contributed by atoms with Gasteiger partial charge in [-0.1, -0.05) is 0 Å². The molecule has 28 heavy (non-hydrogen) atoms. The van der Waals surface area contributed by atoms with E-state index in [4.69, 9.17) is 0 Å². The highest BCUT2D eigenvalue weighted by Crippen LogP contribution is 2.28. The normalized spacial score (nSPS) is 20.3. The maximum absolute atomic E-state index is 14.0. The van der Waals surface area contributed by atoms with Crippen LogP contribution in [0.25, 0.3) is 0 Å². The molecule has 1 aromatic carbocycles. The predicted molar refractivity (Wildman–Crippen MR) is 97.3 cm³/mol. The number of carbonyl (C=O) groups is 1. The van der Waals surface area contributed by atoms with Crippen molar-refractivity contribution >= 4 is 31.9 Å². The van der Waals surface area contributed by atoms with Gasteiger partial charge >= 0.3 is 0 Å². The molecule has 0 spiro atoms. The Balaban J connectivity index is 1.78. The van der Waals surface area contributed by atoms with E-state index < -0.39 is 46.3 Å². The SMILES string of the molecule is O=C(NCc1cc(Br)ncc1F)[C@@H]1CC(F)CN1S(=O)(=O)c1ccc(F)cc1. The lowest BCUT2D eigenvalue weighted by Gasteiger charge is -2.23. The summed E-state index contributed by atoms with van der Waals surface area (Å²) in [6.07, 6.45) is -0.878. The zero-order valence-corrected chi connectivity index (χ0v) is 16.7. The molecule has 2 heterocycles. The summed E-state index contributed by atoms with van der Waals surface area (Å²) in [4.78, 5) is 16.0. The molecule has 2 aromatic rings. The molecule has 0 bridgehead atoms. The largest absolute Gasteiger partial charge is 0.351 e. The fourth-order valence-electron chi connectivity index (χ4n) is 2.89. The highest BCUT2D eigenvalue weighted by Gasteiger charge is 2.44. The van der Waals surface area contributed by atoms with Gasteiger partial charge in [0, 0.05) is 25.1 Å². The molecule has 11 heteroatoms. The number of carbonyl (C=O) groups excluding carboxylic acids is 1. The van der Waals surface area contributed by atoms with Crippen molar-refractivity contribution in [3.8, 4) is 0 Å². The zero-order chi connectivity index (χ0) is 20.5. The Morgan fingerprint density at radius 2 is 1.96 bits per heavy atom. The molecule has 1 aliphatic rings. The fraction of sp³-hybridized carbons (Fsp3) is 0.294. The van der Waals surface area contributed by atoms with Crippen LogP contribution < -0.4 is 5.32 Å². The van der Waals surface area contributed by atoms with Gasteiger partial charge in [-0.05, 0) is 46.3 Å². The van der Waals surface area contributed by atoms with Crippen molar-refractivity contribution in [3.63, 3.8) is 0 Å². The molecule has 1 amide bonds. The second kappa shape index (κ2) is 8.18. The van der Waals surface area contributed by atoms with Crippen LogP contribution in [0.15, 0.2) is 46.0 Å². The lowest BCUT2D eigenvalue weighted by molar-refractivity contribution is -0.124. The summed E-state index contributed by atoms with van der Waals surface area (Å²) < 4.78 is 67.4. The molecule has 6 nitrogen and oxygen atoms in total. The van der Waals surface area contributed by atoms with Crippen LogP contribution in [-0.4, -0.2) is 42.4 Å². The summed E-state index contributed by atoms with van der Waals surface area (Å²) in [6, 6.07) is 4.11. The van der Waals surface area contributed by atoms with Gasteiger partial charge in [-0.25, -0.2) is 26.6 Å². The van der Waals surface area contributed by atoms with E-state index in [0.29, 0.717) is 4.60 Å². The van der Waals surface area contributed by atoms with E-state index in [-0.39, 0.29) is 23.4 Å². The second-order valence-electron chi connectivity index (χ2n) is 6.19. The molecule has 150 valence electrons. The van der Waals surface area contributed by atoms with Gasteiger partial charge < -0.3 is 5.32 Å². The predicted octanol–water partition coefficient (Wildman–Crippen LogP) is 2.54. The zero-order valence-electron chi connectivity index (χ0n) is 14.3. The number of pyridine rings is 1. The van der Waals surface area contributed by atoms with Gasteiger partial charge in [-0.3, -0.25) is 4.79 Å². The molecule has 3 rings (SSSR count). The van der Waals surface area contributed by atoms with E-state index >= 15 is 0 Å². The molecule has 1 saturated heterocycles. The van der Waals surface area contributed by atoms with Crippen molar-refractivity contribution in [2.45, 2.75) is 30.1 Å². The molecule has 1 aromatic heterocycles. The molecule has 1 aliphatic heterocycles. The smallest absolute Gasteiger partial charge is 0.243 e. The number of sulfonamides is 1. The third kappa shape index (κ3) is 4.36. The van der Waals surface area contributed by atoms with Crippen LogP contribution in [-0.2, 0) is 21.4 Å². The van der Waals surface area contributed by atoms with Crippen LogP contribution in [0, 0.1) is 11.6 Å². The van der Waals surface area contributed by atoms with E-state index in [1.165, 1.54) is 6.07 Å². The van der Waals surface area contributed by atoms with Gasteiger partial charge in [0.25, 0.3) is 0 Å². The van der Waals surface area contributed by atoms with Crippen LogP contribution in [0.5, 0.6) is 0 Å². The summed E-state index contributed by atoms with van der Waals surface area (Å²) in [5.74, 6) is -2.02. The number of rotatable bonds is 5. The van der Waals surface area contributed by atoms with Gasteiger partial charge in [-0.2, -0.15) is 4.31 Å². The molecular formula is C17H15BrF3N3O3S. The van der Waals surface area contributed by atoms with Crippen molar-refractivity contribution < 1.29 is 26.4 Å². The van der Waals surface area contributed by atoms with Gasteiger partial charge in [0.1, 0.15) is 28.5 Å². The second-order valence-corrected chi connectivity index (χ2v) is 8.90. The van der Waals surface area contributed by atoms with Gasteiger partial charge in [-0.15, -0.1) is 0 Å². The van der Waals surface area contributed by atoms with E-state index in [0.717, 1.165) is 34.8 Å². The molecule has 2 atom stereocenters. The summed E-state index contributed by atoms with van der Waals surface area (Å²) in [5, 5.41) is 2.43. The van der Waals surface area contributed by atoms with Crippen molar-refractivity contribution in [3.05, 3.63) is 58.3 Å². The summed E-state index contributed by atoms with van der Waals surface area (Å²) in [5.41, 5.74) is 0.137. The number of nitrogens with zero attached hydrogens (tertiary/aromatic N) is 2. The Labute approximate surface area is 167 Å². The maximum Gasteiger partial charge on any atom is 0.243 e. The molecule has 1 unspecified atom stereocenters. The highest BCUT2D eigenvalue weighted by atomic mass is 79.9. The minimum Gasteiger partial charge on any atom is -0.351 e. The van der Waals surface area contributed by atoms with Gasteiger partial charge in [0.15, 0.2) is 0 Å². The van der Waals surface area contributed by atoms with Crippen LogP contribution in [0.1, 0.15) is 12.0 Å². The van der Waals surface area contributed by atoms with Gasteiger partial charge in [0.05, 0.1) is 11.1 Å². The number of alkyl halides is 1. The van der Waals surface area contributed by atoms with Crippen molar-refractivity contribution in [2.75, 3.05) is 6.54 Å². The molecular weight excluding hydrogens is 463 g/mol. The van der Waals surface area contributed by atoms with E-state index in [2.05, 4.69) is 26.2 Å². The molecule has 0 aliphatic carbocycles. The quantitative estimate of drug-likeness (QED) is 0.671. The summed E-state index contributed by atoms with van der Waals surface area (Å²) in [7, 11) is -4.21. The van der Waals surface area contributed by atoms with Gasteiger partial charge in [0.2, 0.25) is 15.9 Å². The van der Waals surface area contributed by atoms with Crippen LogP contribution in [0.3, 0.4) is 0 Å². The standard InChI is InChI=1S/C17H15BrF3N3O3S/c18-16-5-10(14(21)8-22-16)7-23-17(25)15-6-12(20)9-24(15)28(26,27)13-3-1-11(19)2-4-13/h1-5,8,12,15H,6-7,9H2,(H,23,25)/t12?,15-/m0/s1. The number of aromatic nitrogens is 1. The van der Waals surface area contributed by atoms with Crippen molar-refractivity contribution in [2.24, 2.45) is 0 Å². The van der Waals surface area contributed by atoms with E-state index in [1.54, 1.807) is 0 Å². The van der Waals surface area contributed by atoms with Crippen LogP contribution >= 0.6 is 15.9 Å². The molecule has 0 radical (unpaired) electrons.